The summed E-state index contributed by atoms with van der Waals surface area (Å²) < 4.78 is 17.2. The third-order valence-corrected chi connectivity index (χ3v) is 6.24. The maximum absolute atomic E-state index is 12.8. The highest BCUT2D eigenvalue weighted by Crippen LogP contribution is 2.24. The van der Waals surface area contributed by atoms with Gasteiger partial charge in [0.2, 0.25) is 0 Å². The van der Waals surface area contributed by atoms with E-state index in [-0.39, 0.29) is 36.1 Å². The molecule has 0 bridgehead atoms. The molecule has 1 N–H and O–H groups in total. The van der Waals surface area contributed by atoms with Crippen molar-refractivity contribution in [3.63, 3.8) is 0 Å². The lowest BCUT2D eigenvalue weighted by Crippen LogP contribution is -2.36. The molecular weight excluding hydrogens is 440 g/mol. The molecule has 5 nitrogen and oxygen atoms in total. The second kappa shape index (κ2) is 14.8. The van der Waals surface area contributed by atoms with Crippen molar-refractivity contribution >= 4 is 5.78 Å². The average molecular weight is 483 g/mol. The third kappa shape index (κ3) is 9.96. The van der Waals surface area contributed by atoms with Crippen molar-refractivity contribution in [3.05, 3.63) is 77.4 Å². The number of benzene rings is 2. The van der Waals surface area contributed by atoms with Crippen LogP contribution in [-0.2, 0) is 27.5 Å². The molecule has 2 aromatic rings. The van der Waals surface area contributed by atoms with Gasteiger partial charge in [-0.1, -0.05) is 76.2 Å². The smallest absolute Gasteiger partial charge is 0.160 e. The molecule has 0 aliphatic heterocycles. The number of hydrogen-bond donors (Lipinski definition) is 1. The van der Waals surface area contributed by atoms with Crippen LogP contribution in [0.25, 0.3) is 0 Å². The topological polar surface area (TPSA) is 65.0 Å². The van der Waals surface area contributed by atoms with Crippen LogP contribution in [0.4, 0.5) is 0 Å². The van der Waals surface area contributed by atoms with Crippen LogP contribution in [0.5, 0.6) is 5.75 Å². The zero-order valence-electron chi connectivity index (χ0n) is 22.1. The van der Waals surface area contributed by atoms with E-state index in [0.29, 0.717) is 25.4 Å². The van der Waals surface area contributed by atoms with Gasteiger partial charge in [0, 0.05) is 12.3 Å². The van der Waals surface area contributed by atoms with Gasteiger partial charge in [-0.25, -0.2) is 0 Å². The standard InChI is InChI=1S/C30H42O5/c1-21(2)30(35-20-26-12-14-27(33-6)15-13-26)24(5)29(32)17-28(31)23(4)16-22(3)18-34-19-25-10-8-7-9-11-25/h7-16,21-22,24,29-30,32H,17-20H2,1-6H3/b23-16+/t22-,24-,29+,30+/m0/s1. The van der Waals surface area contributed by atoms with E-state index in [0.717, 1.165) is 16.9 Å². The van der Waals surface area contributed by atoms with E-state index in [4.69, 9.17) is 14.2 Å². The molecule has 0 aliphatic carbocycles. The van der Waals surface area contributed by atoms with Crippen LogP contribution in [0.1, 0.15) is 52.2 Å². The molecule has 2 rings (SSSR count). The summed E-state index contributed by atoms with van der Waals surface area (Å²) in [5.74, 6) is 0.880. The fourth-order valence-corrected chi connectivity index (χ4v) is 4.13. The van der Waals surface area contributed by atoms with Crippen molar-refractivity contribution in [1.29, 1.82) is 0 Å². The van der Waals surface area contributed by atoms with E-state index in [1.807, 2.05) is 81.4 Å². The van der Waals surface area contributed by atoms with Crippen molar-refractivity contribution in [2.45, 2.75) is 66.5 Å². The molecule has 0 saturated carbocycles. The number of ketones is 1. The Labute approximate surface area is 211 Å². The van der Waals surface area contributed by atoms with Gasteiger partial charge in [0.05, 0.1) is 39.1 Å². The Kier molecular flexibility index (Phi) is 12.2. The SMILES string of the molecule is COc1ccc(CO[C@H](C(C)C)[C@@H](C)[C@H](O)CC(=O)/C(C)=C/[C@H](C)COCc2ccccc2)cc1. The zero-order valence-corrected chi connectivity index (χ0v) is 22.1. The van der Waals surface area contributed by atoms with E-state index in [1.54, 1.807) is 7.11 Å². The van der Waals surface area contributed by atoms with Gasteiger partial charge in [0.15, 0.2) is 5.78 Å². The predicted molar refractivity (Wildman–Crippen MR) is 140 cm³/mol. The van der Waals surface area contributed by atoms with E-state index in [2.05, 4.69) is 13.8 Å². The van der Waals surface area contributed by atoms with Gasteiger partial charge in [-0.05, 0) is 47.6 Å². The summed E-state index contributed by atoms with van der Waals surface area (Å²) in [7, 11) is 1.64. The van der Waals surface area contributed by atoms with Crippen LogP contribution >= 0.6 is 0 Å². The fourth-order valence-electron chi connectivity index (χ4n) is 4.13. The van der Waals surface area contributed by atoms with Crippen LogP contribution in [-0.4, -0.2) is 36.8 Å². The normalized spacial score (nSPS) is 15.5. The minimum atomic E-state index is -0.779. The monoisotopic (exact) mass is 482 g/mol. The number of rotatable bonds is 15. The van der Waals surface area contributed by atoms with Gasteiger partial charge in [0.25, 0.3) is 0 Å². The second-order valence-corrected chi connectivity index (χ2v) is 9.75. The first-order chi connectivity index (χ1) is 16.7. The number of carbonyl (C=O) groups excluding carboxylic acids is 1. The van der Waals surface area contributed by atoms with Crippen LogP contribution in [0, 0.1) is 17.8 Å². The Balaban J connectivity index is 1.85. The summed E-state index contributed by atoms with van der Waals surface area (Å²) in [5, 5.41) is 10.9. The summed E-state index contributed by atoms with van der Waals surface area (Å²) >= 11 is 0. The number of aliphatic hydroxyl groups excluding tert-OH is 1. The number of aliphatic hydroxyl groups is 1. The Morgan fingerprint density at radius 3 is 2.17 bits per heavy atom. The van der Waals surface area contributed by atoms with Crippen molar-refractivity contribution in [1.82, 2.24) is 0 Å². The molecule has 4 atom stereocenters. The van der Waals surface area contributed by atoms with Gasteiger partial charge >= 0.3 is 0 Å². The van der Waals surface area contributed by atoms with Gasteiger partial charge in [-0.2, -0.15) is 0 Å². The fraction of sp³-hybridized carbons (Fsp3) is 0.500. The molecule has 5 heteroatoms. The summed E-state index contributed by atoms with van der Waals surface area (Å²) in [6.45, 7) is 11.5. The van der Waals surface area contributed by atoms with Crippen LogP contribution in [0.15, 0.2) is 66.2 Å². The minimum absolute atomic E-state index is 0.0445. The first-order valence-corrected chi connectivity index (χ1v) is 12.5. The molecule has 0 fully saturated rings. The Morgan fingerprint density at radius 1 is 0.943 bits per heavy atom. The summed E-state index contributed by atoms with van der Waals surface area (Å²) in [6, 6.07) is 17.8. The quantitative estimate of drug-likeness (QED) is 0.316. The predicted octanol–water partition coefficient (Wildman–Crippen LogP) is 5.99. The van der Waals surface area contributed by atoms with E-state index < -0.39 is 6.10 Å². The molecule has 0 unspecified atom stereocenters. The Bertz CT molecular complexity index is 904. The molecule has 0 aliphatic rings. The lowest BCUT2D eigenvalue weighted by atomic mass is 9.87. The number of ether oxygens (including phenoxy) is 3. The summed E-state index contributed by atoms with van der Waals surface area (Å²) in [5.41, 5.74) is 2.83. The summed E-state index contributed by atoms with van der Waals surface area (Å²) in [4.78, 5) is 12.8. The maximum Gasteiger partial charge on any atom is 0.160 e. The molecule has 0 spiro atoms. The highest BCUT2D eigenvalue weighted by molar-refractivity contribution is 5.95. The van der Waals surface area contributed by atoms with Gasteiger partial charge in [-0.3, -0.25) is 4.79 Å². The Hall–Kier alpha value is -2.47. The molecule has 0 saturated heterocycles. The molecule has 0 aromatic heterocycles. The lowest BCUT2D eigenvalue weighted by Gasteiger charge is -2.31. The molecule has 192 valence electrons. The summed E-state index contributed by atoms with van der Waals surface area (Å²) in [6.07, 6.45) is 1.06. The van der Waals surface area contributed by atoms with E-state index >= 15 is 0 Å². The maximum atomic E-state index is 12.8. The molecule has 0 radical (unpaired) electrons. The molecule has 0 amide bonds. The van der Waals surface area contributed by atoms with Crippen molar-refractivity contribution < 1.29 is 24.1 Å². The van der Waals surface area contributed by atoms with Gasteiger partial charge in [-0.15, -0.1) is 0 Å². The highest BCUT2D eigenvalue weighted by atomic mass is 16.5. The molecule has 35 heavy (non-hydrogen) atoms. The number of allylic oxidation sites excluding steroid dienone is 1. The van der Waals surface area contributed by atoms with Crippen LogP contribution in [0.2, 0.25) is 0 Å². The number of carbonyl (C=O) groups is 1. The molecular formula is C30H42O5. The second-order valence-electron chi connectivity index (χ2n) is 9.75. The zero-order chi connectivity index (χ0) is 25.8. The average Bonchev–Trinajstić information content (AvgIpc) is 2.84. The number of methoxy groups -OCH3 is 1. The van der Waals surface area contributed by atoms with Gasteiger partial charge < -0.3 is 19.3 Å². The van der Waals surface area contributed by atoms with Gasteiger partial charge in [0.1, 0.15) is 5.75 Å². The van der Waals surface area contributed by atoms with Crippen LogP contribution in [0.3, 0.4) is 0 Å². The lowest BCUT2D eigenvalue weighted by molar-refractivity contribution is -0.120. The minimum Gasteiger partial charge on any atom is -0.497 e. The number of hydrogen-bond acceptors (Lipinski definition) is 5. The Morgan fingerprint density at radius 2 is 1.57 bits per heavy atom. The molecule has 0 heterocycles. The number of Topliss-reactive ketones (excluding diaryl/α,β-unsaturated/α-hetero) is 1. The van der Waals surface area contributed by atoms with Crippen molar-refractivity contribution in [2.75, 3.05) is 13.7 Å². The first-order valence-electron chi connectivity index (χ1n) is 12.5. The van der Waals surface area contributed by atoms with Crippen LogP contribution < -0.4 is 4.74 Å². The third-order valence-electron chi connectivity index (χ3n) is 6.24. The highest BCUT2D eigenvalue weighted by Gasteiger charge is 2.29. The van der Waals surface area contributed by atoms with Crippen molar-refractivity contribution in [3.8, 4) is 5.75 Å². The van der Waals surface area contributed by atoms with E-state index in [1.165, 1.54) is 0 Å². The largest absolute Gasteiger partial charge is 0.497 e. The van der Waals surface area contributed by atoms with E-state index in [9.17, 15) is 9.90 Å². The van der Waals surface area contributed by atoms with Crippen molar-refractivity contribution in [2.24, 2.45) is 17.8 Å². The first kappa shape index (κ1) is 28.8. The molecule has 2 aromatic carbocycles.